The molecule has 86 valence electrons. The van der Waals surface area contributed by atoms with Crippen LogP contribution in [0.25, 0.3) is 10.8 Å². The lowest BCUT2D eigenvalue weighted by atomic mass is 9.81. The predicted octanol–water partition coefficient (Wildman–Crippen LogP) is 3.87. The highest BCUT2D eigenvalue weighted by molar-refractivity contribution is 5.97. The molecule has 1 aliphatic heterocycles. The standard InChI is InChI=1S/C16H18N/c1-11-16(2,3)14-9-12-7-5-6-8-13(12)10-15(14)17(11)4/h5-10H,1-4H3/q+1. The van der Waals surface area contributed by atoms with E-state index in [4.69, 9.17) is 0 Å². The second kappa shape index (κ2) is 3.19. The van der Waals surface area contributed by atoms with E-state index >= 15 is 0 Å². The van der Waals surface area contributed by atoms with Crippen molar-refractivity contribution in [2.24, 2.45) is 0 Å². The summed E-state index contributed by atoms with van der Waals surface area (Å²) in [5, 5.41) is 2.66. The van der Waals surface area contributed by atoms with Gasteiger partial charge < -0.3 is 0 Å². The molecule has 0 radical (unpaired) electrons. The van der Waals surface area contributed by atoms with Gasteiger partial charge in [0.2, 0.25) is 5.69 Å². The van der Waals surface area contributed by atoms with E-state index in [2.05, 4.69) is 68.8 Å². The summed E-state index contributed by atoms with van der Waals surface area (Å²) in [6, 6.07) is 13.2. The molecular formula is C16H18N+. The van der Waals surface area contributed by atoms with Crippen LogP contribution in [0.3, 0.4) is 0 Å². The van der Waals surface area contributed by atoms with E-state index in [1.807, 2.05) is 0 Å². The second-order valence-corrected chi connectivity index (χ2v) is 5.49. The van der Waals surface area contributed by atoms with Crippen LogP contribution in [0, 0.1) is 0 Å². The van der Waals surface area contributed by atoms with Crippen molar-refractivity contribution in [3.8, 4) is 0 Å². The first kappa shape index (κ1) is 10.5. The van der Waals surface area contributed by atoms with Crippen molar-refractivity contribution in [2.45, 2.75) is 26.2 Å². The molecule has 1 heteroatoms. The summed E-state index contributed by atoms with van der Waals surface area (Å²) in [4.78, 5) is 0. The zero-order valence-corrected chi connectivity index (χ0v) is 10.9. The lowest BCUT2D eigenvalue weighted by Gasteiger charge is -2.15. The predicted molar refractivity (Wildman–Crippen MR) is 73.5 cm³/mol. The quantitative estimate of drug-likeness (QED) is 0.598. The molecule has 1 aliphatic rings. The van der Waals surface area contributed by atoms with Crippen LogP contribution in [0.4, 0.5) is 5.69 Å². The number of hydrogen-bond acceptors (Lipinski definition) is 0. The summed E-state index contributed by atoms with van der Waals surface area (Å²) in [6.45, 7) is 6.84. The van der Waals surface area contributed by atoms with E-state index in [9.17, 15) is 0 Å². The van der Waals surface area contributed by atoms with Gasteiger partial charge in [-0.1, -0.05) is 24.3 Å². The minimum absolute atomic E-state index is 0.147. The van der Waals surface area contributed by atoms with Gasteiger partial charge in [0, 0.05) is 18.6 Å². The Morgan fingerprint density at radius 2 is 1.59 bits per heavy atom. The van der Waals surface area contributed by atoms with Crippen molar-refractivity contribution in [1.29, 1.82) is 0 Å². The maximum absolute atomic E-state index is 2.34. The fourth-order valence-corrected chi connectivity index (χ4v) is 2.80. The Kier molecular flexibility index (Phi) is 1.97. The monoisotopic (exact) mass is 224 g/mol. The molecule has 0 amide bonds. The average Bonchev–Trinajstić information content (AvgIpc) is 2.49. The van der Waals surface area contributed by atoms with Crippen LogP contribution in [0.5, 0.6) is 0 Å². The highest BCUT2D eigenvalue weighted by Gasteiger charge is 2.41. The normalized spacial score (nSPS) is 17.6. The van der Waals surface area contributed by atoms with Gasteiger partial charge in [-0.25, -0.2) is 4.58 Å². The highest BCUT2D eigenvalue weighted by Crippen LogP contribution is 2.40. The molecule has 0 N–H and O–H groups in total. The minimum Gasteiger partial charge on any atom is -0.202 e. The molecule has 0 unspecified atom stereocenters. The lowest BCUT2D eigenvalue weighted by Crippen LogP contribution is -2.25. The van der Waals surface area contributed by atoms with E-state index in [1.165, 1.54) is 27.7 Å². The molecule has 1 heterocycles. The number of benzene rings is 2. The first-order valence-corrected chi connectivity index (χ1v) is 6.13. The van der Waals surface area contributed by atoms with Gasteiger partial charge >= 0.3 is 0 Å². The van der Waals surface area contributed by atoms with Crippen molar-refractivity contribution in [2.75, 3.05) is 7.05 Å². The van der Waals surface area contributed by atoms with E-state index in [-0.39, 0.29) is 5.41 Å². The Morgan fingerprint density at radius 3 is 2.24 bits per heavy atom. The molecule has 2 aromatic carbocycles. The Hall–Kier alpha value is -1.63. The van der Waals surface area contributed by atoms with Gasteiger partial charge in [-0.05, 0) is 30.7 Å². The van der Waals surface area contributed by atoms with Gasteiger partial charge in [-0.2, -0.15) is 0 Å². The topological polar surface area (TPSA) is 3.01 Å². The maximum atomic E-state index is 2.34. The zero-order valence-electron chi connectivity index (χ0n) is 10.9. The van der Waals surface area contributed by atoms with Crippen LogP contribution in [0.2, 0.25) is 0 Å². The molecule has 3 rings (SSSR count). The molecule has 17 heavy (non-hydrogen) atoms. The fourth-order valence-electron chi connectivity index (χ4n) is 2.80. The van der Waals surface area contributed by atoms with Crippen molar-refractivity contribution in [3.05, 3.63) is 42.0 Å². The zero-order chi connectivity index (χ0) is 12.2. The van der Waals surface area contributed by atoms with Crippen LogP contribution in [-0.4, -0.2) is 17.3 Å². The van der Waals surface area contributed by atoms with Crippen LogP contribution in [0.1, 0.15) is 26.3 Å². The summed E-state index contributed by atoms with van der Waals surface area (Å²) in [7, 11) is 2.16. The van der Waals surface area contributed by atoms with Crippen molar-refractivity contribution >= 4 is 22.2 Å². The first-order chi connectivity index (χ1) is 8.01. The second-order valence-electron chi connectivity index (χ2n) is 5.49. The number of nitrogens with zero attached hydrogens (tertiary/aromatic N) is 1. The van der Waals surface area contributed by atoms with Crippen LogP contribution < -0.4 is 0 Å². The van der Waals surface area contributed by atoms with Gasteiger partial charge in [0.25, 0.3) is 0 Å². The molecule has 0 aliphatic carbocycles. The molecule has 2 aromatic rings. The summed E-state index contributed by atoms with van der Waals surface area (Å²) < 4.78 is 2.32. The molecule has 0 saturated carbocycles. The number of hydrogen-bond donors (Lipinski definition) is 0. The Morgan fingerprint density at radius 1 is 1.00 bits per heavy atom. The van der Waals surface area contributed by atoms with Crippen molar-refractivity contribution in [3.63, 3.8) is 0 Å². The third-order valence-corrected chi connectivity index (χ3v) is 4.31. The van der Waals surface area contributed by atoms with Gasteiger partial charge in [0.05, 0.1) is 5.41 Å². The first-order valence-electron chi connectivity index (χ1n) is 6.13. The smallest absolute Gasteiger partial charge is 0.202 e. The summed E-state index contributed by atoms with van der Waals surface area (Å²) in [6.07, 6.45) is 0. The van der Waals surface area contributed by atoms with Crippen LogP contribution in [-0.2, 0) is 5.41 Å². The molecule has 0 atom stereocenters. The molecule has 0 bridgehead atoms. The molecule has 0 saturated heterocycles. The van der Waals surface area contributed by atoms with Gasteiger partial charge in [0.15, 0.2) is 5.71 Å². The summed E-state index contributed by atoms with van der Waals surface area (Å²) >= 11 is 0. The molecule has 0 spiro atoms. The Bertz CT molecular complexity index is 648. The largest absolute Gasteiger partial charge is 0.209 e. The van der Waals surface area contributed by atoms with E-state index in [0.29, 0.717) is 0 Å². The third kappa shape index (κ3) is 1.28. The lowest BCUT2D eigenvalue weighted by molar-refractivity contribution is -0.402. The molecule has 0 aromatic heterocycles. The Labute approximate surface area is 102 Å². The SMILES string of the molecule is CC1=[N+](C)c2cc3ccccc3cc2C1(C)C. The van der Waals surface area contributed by atoms with Crippen LogP contribution >= 0.6 is 0 Å². The average molecular weight is 224 g/mol. The Balaban J connectivity index is 2.40. The summed E-state index contributed by atoms with van der Waals surface area (Å²) in [5.74, 6) is 0. The fraction of sp³-hybridized carbons (Fsp3) is 0.312. The highest BCUT2D eigenvalue weighted by atomic mass is 15.0. The van der Waals surface area contributed by atoms with Gasteiger partial charge in [-0.3, -0.25) is 0 Å². The number of fused-ring (bicyclic) bond motifs is 2. The minimum atomic E-state index is 0.147. The van der Waals surface area contributed by atoms with Gasteiger partial charge in [0.1, 0.15) is 7.05 Å². The van der Waals surface area contributed by atoms with Crippen molar-refractivity contribution < 1.29 is 4.58 Å². The van der Waals surface area contributed by atoms with E-state index in [0.717, 1.165) is 0 Å². The molecule has 1 nitrogen and oxygen atoms in total. The maximum Gasteiger partial charge on any atom is 0.209 e. The third-order valence-electron chi connectivity index (χ3n) is 4.31. The van der Waals surface area contributed by atoms with E-state index in [1.54, 1.807) is 0 Å². The molecular weight excluding hydrogens is 206 g/mol. The summed E-state index contributed by atoms with van der Waals surface area (Å²) in [5.41, 5.74) is 4.36. The van der Waals surface area contributed by atoms with E-state index < -0.39 is 0 Å². The van der Waals surface area contributed by atoms with Crippen LogP contribution in [0.15, 0.2) is 36.4 Å². The van der Waals surface area contributed by atoms with Crippen molar-refractivity contribution in [1.82, 2.24) is 0 Å². The number of rotatable bonds is 0. The molecule has 0 fully saturated rings. The van der Waals surface area contributed by atoms with Gasteiger partial charge in [-0.15, -0.1) is 0 Å².